The van der Waals surface area contributed by atoms with Crippen molar-refractivity contribution in [2.45, 2.75) is 19.9 Å². The van der Waals surface area contributed by atoms with Crippen molar-refractivity contribution in [2.24, 2.45) is 5.73 Å². The maximum Gasteiger partial charge on any atom is 0.246 e. The lowest BCUT2D eigenvalue weighted by atomic mass is 10.2. The van der Waals surface area contributed by atoms with E-state index in [1.54, 1.807) is 11.3 Å². The molecule has 0 saturated carbocycles. The van der Waals surface area contributed by atoms with Crippen molar-refractivity contribution >= 4 is 17.2 Å². The normalized spacial score (nSPS) is 12.4. The lowest BCUT2D eigenvalue weighted by Crippen LogP contribution is -2.30. The van der Waals surface area contributed by atoms with Gasteiger partial charge in [0, 0.05) is 16.3 Å². The summed E-state index contributed by atoms with van der Waals surface area (Å²) in [6.07, 6.45) is 0. The van der Waals surface area contributed by atoms with Crippen LogP contribution >= 0.6 is 11.3 Å². The van der Waals surface area contributed by atoms with Crippen molar-refractivity contribution < 1.29 is 9.53 Å². The average Bonchev–Trinajstić information content (AvgIpc) is 2.65. The van der Waals surface area contributed by atoms with Crippen LogP contribution in [-0.4, -0.2) is 25.7 Å². The van der Waals surface area contributed by atoms with E-state index in [0.717, 1.165) is 4.88 Å². The molecule has 1 unspecified atom stereocenters. The predicted molar refractivity (Wildman–Crippen MR) is 65.5 cm³/mol. The van der Waals surface area contributed by atoms with Gasteiger partial charge in [0.2, 0.25) is 5.91 Å². The molecule has 16 heavy (non-hydrogen) atoms. The molecule has 0 aromatic carbocycles. The van der Waals surface area contributed by atoms with Crippen molar-refractivity contribution in [3.63, 3.8) is 0 Å². The van der Waals surface area contributed by atoms with E-state index in [-0.39, 0.29) is 18.6 Å². The van der Waals surface area contributed by atoms with Crippen LogP contribution in [0.15, 0.2) is 12.1 Å². The average molecular weight is 242 g/mol. The highest BCUT2D eigenvalue weighted by atomic mass is 32.1. The van der Waals surface area contributed by atoms with Crippen LogP contribution in [-0.2, 0) is 9.53 Å². The Hall–Kier alpha value is -0.910. The smallest absolute Gasteiger partial charge is 0.246 e. The number of nitrogens with two attached hydrogens (primary N) is 1. The highest BCUT2D eigenvalue weighted by molar-refractivity contribution is 7.12. The lowest BCUT2D eigenvalue weighted by molar-refractivity contribution is -0.126. The number of rotatable bonds is 6. The van der Waals surface area contributed by atoms with E-state index < -0.39 is 0 Å². The summed E-state index contributed by atoms with van der Waals surface area (Å²) < 4.78 is 5.05. The maximum atomic E-state index is 11.4. The Labute approximate surface area is 99.8 Å². The third-order valence-corrected chi connectivity index (χ3v) is 3.24. The zero-order valence-electron chi connectivity index (χ0n) is 9.66. The summed E-state index contributed by atoms with van der Waals surface area (Å²) in [5, 5.41) is 2.87. The molecule has 1 aromatic heterocycles. The molecule has 0 radical (unpaired) electrons. The summed E-state index contributed by atoms with van der Waals surface area (Å²) in [7, 11) is 0. The van der Waals surface area contributed by atoms with Crippen molar-refractivity contribution in [1.82, 2.24) is 5.32 Å². The minimum Gasteiger partial charge on any atom is -0.370 e. The van der Waals surface area contributed by atoms with Gasteiger partial charge in [-0.25, -0.2) is 0 Å². The first-order chi connectivity index (χ1) is 7.63. The Morgan fingerprint density at radius 2 is 2.38 bits per heavy atom. The van der Waals surface area contributed by atoms with Gasteiger partial charge in [-0.1, -0.05) is 0 Å². The van der Waals surface area contributed by atoms with Crippen LogP contribution in [0.2, 0.25) is 0 Å². The van der Waals surface area contributed by atoms with Crippen LogP contribution < -0.4 is 11.1 Å². The minimum absolute atomic E-state index is 0.0349. The molecule has 0 aliphatic carbocycles. The van der Waals surface area contributed by atoms with Gasteiger partial charge in [-0.2, -0.15) is 0 Å². The highest BCUT2D eigenvalue weighted by Gasteiger charge is 2.10. The third-order valence-electron chi connectivity index (χ3n) is 2.06. The molecular weight excluding hydrogens is 224 g/mol. The standard InChI is InChI=1S/C11H18N2O2S/c1-8-3-4-10(16-8)9(2)13-11(14)7-15-6-5-12/h3-4,9H,5-7,12H2,1-2H3,(H,13,14). The number of thiophene rings is 1. The first kappa shape index (κ1) is 13.2. The molecule has 1 heterocycles. The second-order valence-electron chi connectivity index (χ2n) is 3.58. The van der Waals surface area contributed by atoms with E-state index in [2.05, 4.69) is 5.32 Å². The van der Waals surface area contributed by atoms with Gasteiger partial charge in [-0.15, -0.1) is 11.3 Å². The Kier molecular flexibility index (Phi) is 5.45. The summed E-state index contributed by atoms with van der Waals surface area (Å²) in [6.45, 7) is 4.94. The van der Waals surface area contributed by atoms with Gasteiger partial charge < -0.3 is 15.8 Å². The Bertz CT molecular complexity index is 338. The SMILES string of the molecule is Cc1ccc(C(C)NC(=O)COCCN)s1. The first-order valence-corrected chi connectivity index (χ1v) is 6.08. The molecule has 1 rings (SSSR count). The van der Waals surface area contributed by atoms with Crippen molar-refractivity contribution in [3.8, 4) is 0 Å². The molecule has 1 atom stereocenters. The molecule has 4 nitrogen and oxygen atoms in total. The molecule has 0 fully saturated rings. The molecule has 3 N–H and O–H groups in total. The molecule has 0 aliphatic heterocycles. The van der Waals surface area contributed by atoms with Crippen LogP contribution in [0.4, 0.5) is 0 Å². The van der Waals surface area contributed by atoms with Crippen LogP contribution in [0.1, 0.15) is 22.7 Å². The fourth-order valence-corrected chi connectivity index (χ4v) is 2.17. The van der Waals surface area contributed by atoms with E-state index in [4.69, 9.17) is 10.5 Å². The molecule has 0 aliphatic rings. The fraction of sp³-hybridized carbons (Fsp3) is 0.545. The van der Waals surface area contributed by atoms with Gasteiger partial charge >= 0.3 is 0 Å². The summed E-state index contributed by atoms with van der Waals surface area (Å²) in [6, 6.07) is 4.12. The van der Waals surface area contributed by atoms with E-state index in [0.29, 0.717) is 13.2 Å². The summed E-state index contributed by atoms with van der Waals surface area (Å²) in [5.74, 6) is -0.105. The second kappa shape index (κ2) is 6.62. The van der Waals surface area contributed by atoms with E-state index in [1.807, 2.05) is 26.0 Å². The van der Waals surface area contributed by atoms with Crippen molar-refractivity contribution in [3.05, 3.63) is 21.9 Å². The van der Waals surface area contributed by atoms with Gasteiger partial charge in [0.1, 0.15) is 6.61 Å². The predicted octanol–water partition coefficient (Wildman–Crippen LogP) is 1.21. The molecule has 0 saturated heterocycles. The van der Waals surface area contributed by atoms with E-state index in [1.165, 1.54) is 4.88 Å². The van der Waals surface area contributed by atoms with Crippen LogP contribution in [0.3, 0.4) is 0 Å². The van der Waals surface area contributed by atoms with E-state index in [9.17, 15) is 4.79 Å². The third kappa shape index (κ3) is 4.30. The largest absolute Gasteiger partial charge is 0.370 e. The monoisotopic (exact) mass is 242 g/mol. The maximum absolute atomic E-state index is 11.4. The van der Waals surface area contributed by atoms with Crippen molar-refractivity contribution in [2.75, 3.05) is 19.8 Å². The minimum atomic E-state index is -0.105. The second-order valence-corrected chi connectivity index (χ2v) is 4.90. The number of nitrogens with one attached hydrogen (secondary N) is 1. The van der Waals surface area contributed by atoms with Gasteiger partial charge in [-0.05, 0) is 26.0 Å². The summed E-state index contributed by atoms with van der Waals surface area (Å²) in [4.78, 5) is 13.8. The molecular formula is C11H18N2O2S. The fourth-order valence-electron chi connectivity index (χ4n) is 1.29. The Morgan fingerprint density at radius 1 is 1.62 bits per heavy atom. The highest BCUT2D eigenvalue weighted by Crippen LogP contribution is 2.21. The van der Waals surface area contributed by atoms with E-state index >= 15 is 0 Å². The number of carbonyl (C=O) groups excluding carboxylic acids is 1. The molecule has 0 spiro atoms. The van der Waals surface area contributed by atoms with Gasteiger partial charge in [0.25, 0.3) is 0 Å². The number of hydrogen-bond acceptors (Lipinski definition) is 4. The number of hydrogen-bond donors (Lipinski definition) is 2. The van der Waals surface area contributed by atoms with Crippen LogP contribution in [0, 0.1) is 6.92 Å². The number of carbonyl (C=O) groups is 1. The molecule has 1 amide bonds. The first-order valence-electron chi connectivity index (χ1n) is 5.27. The number of ether oxygens (including phenoxy) is 1. The molecule has 0 bridgehead atoms. The zero-order chi connectivity index (χ0) is 12.0. The van der Waals surface area contributed by atoms with Gasteiger partial charge in [-0.3, -0.25) is 4.79 Å². The molecule has 5 heteroatoms. The Morgan fingerprint density at radius 3 is 2.94 bits per heavy atom. The number of aryl methyl sites for hydroxylation is 1. The van der Waals surface area contributed by atoms with Crippen LogP contribution in [0.25, 0.3) is 0 Å². The lowest BCUT2D eigenvalue weighted by Gasteiger charge is -2.12. The molecule has 1 aromatic rings. The quantitative estimate of drug-likeness (QED) is 0.737. The Balaban J connectivity index is 2.33. The zero-order valence-corrected chi connectivity index (χ0v) is 10.5. The molecule has 90 valence electrons. The van der Waals surface area contributed by atoms with Gasteiger partial charge in [0.05, 0.1) is 12.6 Å². The summed E-state index contributed by atoms with van der Waals surface area (Å²) in [5.41, 5.74) is 5.25. The topological polar surface area (TPSA) is 64.3 Å². The van der Waals surface area contributed by atoms with Crippen LogP contribution in [0.5, 0.6) is 0 Å². The van der Waals surface area contributed by atoms with Gasteiger partial charge in [0.15, 0.2) is 0 Å². The van der Waals surface area contributed by atoms with Crippen molar-refractivity contribution in [1.29, 1.82) is 0 Å². The number of amides is 1. The summed E-state index contributed by atoms with van der Waals surface area (Å²) >= 11 is 1.69.